The van der Waals surface area contributed by atoms with Crippen molar-refractivity contribution >= 4 is 22.8 Å². The molecule has 1 aliphatic rings. The van der Waals surface area contributed by atoms with E-state index in [1.807, 2.05) is 49.4 Å². The fourth-order valence-electron chi connectivity index (χ4n) is 3.44. The van der Waals surface area contributed by atoms with Gasteiger partial charge in [-0.1, -0.05) is 35.5 Å². The summed E-state index contributed by atoms with van der Waals surface area (Å²) < 4.78 is 7.18. The Morgan fingerprint density at radius 3 is 2.68 bits per heavy atom. The van der Waals surface area contributed by atoms with Gasteiger partial charge in [0, 0.05) is 30.3 Å². The minimum Gasteiger partial charge on any atom is -0.335 e. The molecule has 4 aromatic rings. The Labute approximate surface area is 161 Å². The second kappa shape index (κ2) is 6.30. The number of benzene rings is 1. The van der Waals surface area contributed by atoms with Crippen LogP contribution in [-0.2, 0) is 7.05 Å². The van der Waals surface area contributed by atoms with Crippen LogP contribution in [0.25, 0.3) is 22.4 Å². The highest BCUT2D eigenvalue weighted by molar-refractivity contribution is 6.14. The smallest absolute Gasteiger partial charge is 0.259 e. The first-order chi connectivity index (χ1) is 13.6. The Balaban J connectivity index is 1.65. The topological polar surface area (TPSA) is 85.8 Å². The molecule has 0 bridgehead atoms. The first-order valence-corrected chi connectivity index (χ1v) is 9.28. The molecule has 1 amide bonds. The lowest BCUT2D eigenvalue weighted by Crippen LogP contribution is -2.15. The molecule has 1 fully saturated rings. The standard InChI is InChI=1S/C21H19N5O2/c1-12-10-17(26(2)24-12)23-20(27)15-11-16(13-8-9-13)22-21-18(15)19(25-28-21)14-6-4-3-5-7-14/h3-7,10-11,13H,8-9H2,1-2H3,(H,23,27). The van der Waals surface area contributed by atoms with Gasteiger partial charge in [0.2, 0.25) is 0 Å². The molecule has 1 aliphatic carbocycles. The van der Waals surface area contributed by atoms with Gasteiger partial charge in [-0.3, -0.25) is 9.48 Å². The highest BCUT2D eigenvalue weighted by Crippen LogP contribution is 2.41. The quantitative estimate of drug-likeness (QED) is 0.583. The van der Waals surface area contributed by atoms with E-state index in [2.05, 4.69) is 20.6 Å². The van der Waals surface area contributed by atoms with Crippen molar-refractivity contribution in [1.29, 1.82) is 0 Å². The zero-order valence-corrected chi connectivity index (χ0v) is 15.6. The molecule has 28 heavy (non-hydrogen) atoms. The Morgan fingerprint density at radius 1 is 1.21 bits per heavy atom. The summed E-state index contributed by atoms with van der Waals surface area (Å²) in [7, 11) is 1.80. The highest BCUT2D eigenvalue weighted by atomic mass is 16.5. The van der Waals surface area contributed by atoms with E-state index in [4.69, 9.17) is 4.52 Å². The second-order valence-electron chi connectivity index (χ2n) is 7.20. The first kappa shape index (κ1) is 16.7. The number of aryl methyl sites for hydroxylation is 2. The number of aromatic nitrogens is 4. The van der Waals surface area contributed by atoms with E-state index < -0.39 is 0 Å². The Morgan fingerprint density at radius 2 is 2.00 bits per heavy atom. The summed E-state index contributed by atoms with van der Waals surface area (Å²) in [6.07, 6.45) is 2.17. The number of hydrogen-bond donors (Lipinski definition) is 1. The third kappa shape index (κ3) is 2.85. The number of amides is 1. The molecule has 0 unspecified atom stereocenters. The predicted octanol–water partition coefficient (Wildman–Crippen LogP) is 4.06. The summed E-state index contributed by atoms with van der Waals surface area (Å²) in [4.78, 5) is 17.8. The Kier molecular flexibility index (Phi) is 3.75. The van der Waals surface area contributed by atoms with Gasteiger partial charge in [0.05, 0.1) is 16.6 Å². The van der Waals surface area contributed by atoms with Crippen molar-refractivity contribution in [3.63, 3.8) is 0 Å². The zero-order chi connectivity index (χ0) is 19.3. The van der Waals surface area contributed by atoms with Gasteiger partial charge in [-0.15, -0.1) is 0 Å². The number of anilines is 1. The highest BCUT2D eigenvalue weighted by Gasteiger charge is 2.29. The lowest BCUT2D eigenvalue weighted by atomic mass is 10.0. The SMILES string of the molecule is Cc1cc(NC(=O)c2cc(C3CC3)nc3onc(-c4ccccc4)c23)n(C)n1. The van der Waals surface area contributed by atoms with Crippen molar-refractivity contribution in [3.8, 4) is 11.3 Å². The number of nitrogens with one attached hydrogen (secondary N) is 1. The molecule has 3 heterocycles. The zero-order valence-electron chi connectivity index (χ0n) is 15.6. The molecule has 0 aliphatic heterocycles. The molecule has 0 radical (unpaired) electrons. The Hall–Kier alpha value is -3.48. The second-order valence-corrected chi connectivity index (χ2v) is 7.20. The minimum absolute atomic E-state index is 0.224. The number of hydrogen-bond acceptors (Lipinski definition) is 5. The third-order valence-electron chi connectivity index (χ3n) is 5.00. The van der Waals surface area contributed by atoms with Crippen molar-refractivity contribution in [2.24, 2.45) is 7.05 Å². The summed E-state index contributed by atoms with van der Waals surface area (Å²) >= 11 is 0. The van der Waals surface area contributed by atoms with Crippen molar-refractivity contribution in [2.75, 3.05) is 5.32 Å². The largest absolute Gasteiger partial charge is 0.335 e. The van der Waals surface area contributed by atoms with E-state index in [1.165, 1.54) is 0 Å². The number of fused-ring (bicyclic) bond motifs is 1. The molecule has 0 saturated heterocycles. The van der Waals surface area contributed by atoms with Crippen LogP contribution in [0.3, 0.4) is 0 Å². The van der Waals surface area contributed by atoms with Crippen LogP contribution in [-0.4, -0.2) is 25.8 Å². The van der Waals surface area contributed by atoms with Crippen LogP contribution in [0.4, 0.5) is 5.82 Å². The number of rotatable bonds is 4. The number of carbonyl (C=O) groups excluding carboxylic acids is 1. The Bertz CT molecular complexity index is 1190. The molecule has 5 rings (SSSR count). The molecule has 1 N–H and O–H groups in total. The number of carbonyl (C=O) groups is 1. The van der Waals surface area contributed by atoms with Crippen molar-refractivity contribution in [2.45, 2.75) is 25.7 Å². The maximum Gasteiger partial charge on any atom is 0.259 e. The van der Waals surface area contributed by atoms with Crippen LogP contribution < -0.4 is 5.32 Å². The van der Waals surface area contributed by atoms with E-state index in [0.29, 0.717) is 34.1 Å². The van der Waals surface area contributed by atoms with Gasteiger partial charge in [0.25, 0.3) is 11.6 Å². The van der Waals surface area contributed by atoms with Gasteiger partial charge in [-0.2, -0.15) is 5.10 Å². The van der Waals surface area contributed by atoms with Crippen LogP contribution in [0, 0.1) is 6.92 Å². The molecular formula is C21H19N5O2. The molecule has 7 nitrogen and oxygen atoms in total. The summed E-state index contributed by atoms with van der Waals surface area (Å²) in [6, 6.07) is 13.4. The van der Waals surface area contributed by atoms with Gasteiger partial charge in [-0.25, -0.2) is 4.98 Å². The third-order valence-corrected chi connectivity index (χ3v) is 5.00. The van der Waals surface area contributed by atoms with Crippen molar-refractivity contribution < 1.29 is 9.32 Å². The van der Waals surface area contributed by atoms with Gasteiger partial charge in [0.15, 0.2) is 0 Å². The van der Waals surface area contributed by atoms with Crippen molar-refractivity contribution in [1.82, 2.24) is 19.9 Å². The average Bonchev–Trinajstić information content (AvgIpc) is 3.38. The lowest BCUT2D eigenvalue weighted by Gasteiger charge is -2.08. The minimum atomic E-state index is -0.224. The van der Waals surface area contributed by atoms with Crippen LogP contribution >= 0.6 is 0 Å². The molecule has 1 aromatic carbocycles. The normalized spacial score (nSPS) is 13.8. The summed E-state index contributed by atoms with van der Waals surface area (Å²) in [5.74, 6) is 0.802. The fourth-order valence-corrected chi connectivity index (χ4v) is 3.44. The van der Waals surface area contributed by atoms with E-state index in [0.717, 1.165) is 29.8 Å². The van der Waals surface area contributed by atoms with Gasteiger partial charge >= 0.3 is 0 Å². The maximum atomic E-state index is 13.2. The fraction of sp³-hybridized carbons (Fsp3) is 0.238. The summed E-state index contributed by atoms with van der Waals surface area (Å²) in [5, 5.41) is 12.1. The molecule has 0 spiro atoms. The first-order valence-electron chi connectivity index (χ1n) is 9.28. The number of nitrogens with zero attached hydrogens (tertiary/aromatic N) is 4. The summed E-state index contributed by atoms with van der Waals surface area (Å²) in [5.41, 5.74) is 4.14. The van der Waals surface area contributed by atoms with Gasteiger partial charge in [0.1, 0.15) is 11.5 Å². The van der Waals surface area contributed by atoms with Crippen LogP contribution in [0.2, 0.25) is 0 Å². The molecule has 3 aromatic heterocycles. The predicted molar refractivity (Wildman–Crippen MR) is 105 cm³/mol. The van der Waals surface area contributed by atoms with Crippen LogP contribution in [0.5, 0.6) is 0 Å². The van der Waals surface area contributed by atoms with E-state index in [1.54, 1.807) is 11.7 Å². The molecule has 7 heteroatoms. The lowest BCUT2D eigenvalue weighted by molar-refractivity contribution is 0.102. The van der Waals surface area contributed by atoms with E-state index >= 15 is 0 Å². The molecular weight excluding hydrogens is 354 g/mol. The van der Waals surface area contributed by atoms with E-state index in [-0.39, 0.29) is 5.91 Å². The molecule has 140 valence electrons. The number of pyridine rings is 1. The molecule has 1 saturated carbocycles. The van der Waals surface area contributed by atoms with E-state index in [9.17, 15) is 4.79 Å². The van der Waals surface area contributed by atoms with Crippen LogP contribution in [0.15, 0.2) is 47.0 Å². The van der Waals surface area contributed by atoms with Crippen molar-refractivity contribution in [3.05, 3.63) is 59.4 Å². The monoisotopic (exact) mass is 373 g/mol. The molecule has 0 atom stereocenters. The van der Waals surface area contributed by atoms with Gasteiger partial charge in [-0.05, 0) is 25.8 Å². The van der Waals surface area contributed by atoms with Gasteiger partial charge < -0.3 is 9.84 Å². The summed E-state index contributed by atoms with van der Waals surface area (Å²) in [6.45, 7) is 1.89. The average molecular weight is 373 g/mol. The maximum absolute atomic E-state index is 13.2. The van der Waals surface area contributed by atoms with Crippen LogP contribution in [0.1, 0.15) is 40.5 Å².